The third-order valence-electron chi connectivity index (χ3n) is 1.87. The quantitative estimate of drug-likeness (QED) is 0.669. The Kier molecular flexibility index (Phi) is 4.19. The van der Waals surface area contributed by atoms with Crippen molar-refractivity contribution in [3.63, 3.8) is 0 Å². The number of nitriles is 1. The Hall–Kier alpha value is -1.30. The monoisotopic (exact) mass is 180 g/mol. The highest BCUT2D eigenvalue weighted by Gasteiger charge is 2.24. The summed E-state index contributed by atoms with van der Waals surface area (Å²) in [5.41, 5.74) is -0.108. The van der Waals surface area contributed by atoms with Gasteiger partial charge in [0.1, 0.15) is 0 Å². The van der Waals surface area contributed by atoms with Crippen molar-refractivity contribution in [1.82, 2.24) is 5.32 Å². The zero-order valence-corrected chi connectivity index (χ0v) is 8.42. The number of hydrogen-bond donors (Lipinski definition) is 1. The lowest BCUT2D eigenvalue weighted by Gasteiger charge is -2.24. The van der Waals surface area contributed by atoms with Crippen molar-refractivity contribution in [3.8, 4) is 6.07 Å². The molecule has 0 rings (SSSR count). The fourth-order valence-corrected chi connectivity index (χ4v) is 0.820. The van der Waals surface area contributed by atoms with E-state index in [0.717, 1.165) is 0 Å². The predicted molar refractivity (Wildman–Crippen MR) is 51.8 cm³/mol. The highest BCUT2D eigenvalue weighted by atomic mass is 16.1. The van der Waals surface area contributed by atoms with E-state index in [1.165, 1.54) is 6.08 Å². The number of nitrogens with zero attached hydrogens (tertiary/aromatic N) is 1. The number of carbonyl (C=O) groups excluding carboxylic acids is 1. The minimum atomic E-state index is -0.232. The second kappa shape index (κ2) is 4.66. The summed E-state index contributed by atoms with van der Waals surface area (Å²) in [5, 5.41) is 11.4. The third-order valence-corrected chi connectivity index (χ3v) is 1.87. The Morgan fingerprint density at radius 2 is 2.23 bits per heavy atom. The molecule has 1 atom stereocenters. The lowest BCUT2D eigenvalue weighted by Crippen LogP contribution is -2.33. The molecule has 3 heteroatoms. The topological polar surface area (TPSA) is 52.9 Å². The molecule has 0 aliphatic carbocycles. The van der Waals surface area contributed by atoms with E-state index < -0.39 is 0 Å². The fraction of sp³-hybridized carbons (Fsp3) is 0.600. The highest BCUT2D eigenvalue weighted by molar-refractivity contribution is 5.86. The summed E-state index contributed by atoms with van der Waals surface area (Å²) in [7, 11) is 0. The molecule has 0 bridgehead atoms. The van der Waals surface area contributed by atoms with Crippen LogP contribution in [0.2, 0.25) is 0 Å². The van der Waals surface area contributed by atoms with Gasteiger partial charge in [-0.3, -0.25) is 4.79 Å². The van der Waals surface area contributed by atoms with Crippen molar-refractivity contribution < 1.29 is 4.79 Å². The van der Waals surface area contributed by atoms with Crippen LogP contribution >= 0.6 is 0 Å². The standard InChI is InChI=1S/C10H16N2O/c1-5-9(13)12-7-8(6-11)10(2,3)4/h5,8H,1,7H2,2-4H3,(H,12,13). The van der Waals surface area contributed by atoms with Crippen LogP contribution in [0.3, 0.4) is 0 Å². The molecule has 0 heterocycles. The second-order valence-electron chi connectivity index (χ2n) is 4.00. The van der Waals surface area contributed by atoms with Crippen molar-refractivity contribution in [2.75, 3.05) is 6.54 Å². The first-order valence-electron chi connectivity index (χ1n) is 4.21. The smallest absolute Gasteiger partial charge is 0.243 e. The van der Waals surface area contributed by atoms with Crippen LogP contribution in [0.4, 0.5) is 0 Å². The fourth-order valence-electron chi connectivity index (χ4n) is 0.820. The molecule has 0 aromatic carbocycles. The molecule has 0 aliphatic rings. The summed E-state index contributed by atoms with van der Waals surface area (Å²) < 4.78 is 0. The minimum absolute atomic E-state index is 0.108. The Labute approximate surface area is 79.4 Å². The maximum Gasteiger partial charge on any atom is 0.243 e. The molecule has 1 unspecified atom stereocenters. The largest absolute Gasteiger partial charge is 0.351 e. The van der Waals surface area contributed by atoms with Gasteiger partial charge in [-0.15, -0.1) is 0 Å². The Morgan fingerprint density at radius 3 is 2.54 bits per heavy atom. The van der Waals surface area contributed by atoms with Crippen LogP contribution < -0.4 is 5.32 Å². The van der Waals surface area contributed by atoms with Gasteiger partial charge in [0.25, 0.3) is 0 Å². The predicted octanol–water partition coefficient (Wildman–Crippen LogP) is 1.47. The van der Waals surface area contributed by atoms with Gasteiger partial charge in [-0.25, -0.2) is 0 Å². The van der Waals surface area contributed by atoms with Gasteiger partial charge in [0.05, 0.1) is 12.0 Å². The molecule has 3 nitrogen and oxygen atoms in total. The first-order chi connectivity index (χ1) is 5.91. The number of carbonyl (C=O) groups is 1. The molecule has 0 fully saturated rings. The lowest BCUT2D eigenvalue weighted by molar-refractivity contribution is -0.116. The number of hydrogen-bond acceptors (Lipinski definition) is 2. The summed E-state index contributed by atoms with van der Waals surface area (Å²) in [6.45, 7) is 9.63. The average Bonchev–Trinajstić information content (AvgIpc) is 2.02. The zero-order chi connectivity index (χ0) is 10.5. The first-order valence-corrected chi connectivity index (χ1v) is 4.21. The summed E-state index contributed by atoms with van der Waals surface area (Å²) >= 11 is 0. The second-order valence-corrected chi connectivity index (χ2v) is 4.00. The number of amides is 1. The van der Waals surface area contributed by atoms with Crippen molar-refractivity contribution in [2.24, 2.45) is 11.3 Å². The Morgan fingerprint density at radius 1 is 1.69 bits per heavy atom. The maximum absolute atomic E-state index is 10.8. The summed E-state index contributed by atoms with van der Waals surface area (Å²) in [6, 6.07) is 2.17. The normalized spacial score (nSPS) is 12.8. The van der Waals surface area contributed by atoms with Gasteiger partial charge in [-0.1, -0.05) is 27.4 Å². The van der Waals surface area contributed by atoms with E-state index in [-0.39, 0.29) is 17.2 Å². The highest BCUT2D eigenvalue weighted by Crippen LogP contribution is 2.24. The molecule has 0 saturated heterocycles. The van der Waals surface area contributed by atoms with E-state index in [1.807, 2.05) is 20.8 Å². The van der Waals surface area contributed by atoms with E-state index in [0.29, 0.717) is 6.54 Å². The van der Waals surface area contributed by atoms with Crippen LogP contribution in [0, 0.1) is 22.7 Å². The zero-order valence-electron chi connectivity index (χ0n) is 8.42. The van der Waals surface area contributed by atoms with Crippen LogP contribution in [0.15, 0.2) is 12.7 Å². The molecule has 0 aromatic heterocycles. The molecule has 0 aromatic rings. The molecular formula is C10H16N2O. The Balaban J connectivity index is 4.10. The van der Waals surface area contributed by atoms with Gasteiger partial charge in [0, 0.05) is 6.54 Å². The minimum Gasteiger partial charge on any atom is -0.351 e. The van der Waals surface area contributed by atoms with E-state index in [1.54, 1.807) is 0 Å². The van der Waals surface area contributed by atoms with Crippen LogP contribution in [0.5, 0.6) is 0 Å². The van der Waals surface area contributed by atoms with E-state index in [9.17, 15) is 4.79 Å². The van der Waals surface area contributed by atoms with E-state index in [2.05, 4.69) is 18.0 Å². The number of nitrogens with one attached hydrogen (secondary N) is 1. The lowest BCUT2D eigenvalue weighted by atomic mass is 9.82. The van der Waals surface area contributed by atoms with Crippen LogP contribution in [-0.4, -0.2) is 12.5 Å². The van der Waals surface area contributed by atoms with Crippen molar-refractivity contribution >= 4 is 5.91 Å². The molecule has 13 heavy (non-hydrogen) atoms. The molecule has 0 radical (unpaired) electrons. The van der Waals surface area contributed by atoms with Gasteiger partial charge in [-0.2, -0.15) is 5.26 Å². The molecule has 72 valence electrons. The van der Waals surface area contributed by atoms with Gasteiger partial charge in [-0.05, 0) is 11.5 Å². The SMILES string of the molecule is C=CC(=O)NCC(C#N)C(C)(C)C. The van der Waals surface area contributed by atoms with Crippen molar-refractivity contribution in [3.05, 3.63) is 12.7 Å². The summed E-state index contributed by atoms with van der Waals surface area (Å²) in [6.07, 6.45) is 1.21. The summed E-state index contributed by atoms with van der Waals surface area (Å²) in [4.78, 5) is 10.8. The van der Waals surface area contributed by atoms with Crippen molar-refractivity contribution in [2.45, 2.75) is 20.8 Å². The molecule has 0 spiro atoms. The maximum atomic E-state index is 10.8. The summed E-state index contributed by atoms with van der Waals surface area (Å²) in [5.74, 6) is -0.402. The van der Waals surface area contributed by atoms with Crippen molar-refractivity contribution in [1.29, 1.82) is 5.26 Å². The van der Waals surface area contributed by atoms with Crippen LogP contribution in [0.25, 0.3) is 0 Å². The molecule has 1 amide bonds. The molecule has 0 aliphatic heterocycles. The number of rotatable bonds is 3. The van der Waals surface area contributed by atoms with E-state index >= 15 is 0 Å². The van der Waals surface area contributed by atoms with Crippen LogP contribution in [0.1, 0.15) is 20.8 Å². The first kappa shape index (κ1) is 11.7. The average molecular weight is 180 g/mol. The van der Waals surface area contributed by atoms with Gasteiger partial charge in [0.15, 0.2) is 0 Å². The van der Waals surface area contributed by atoms with Gasteiger partial charge >= 0.3 is 0 Å². The van der Waals surface area contributed by atoms with Gasteiger partial charge in [0.2, 0.25) is 5.91 Å². The third kappa shape index (κ3) is 4.32. The molecule has 1 N–H and O–H groups in total. The molecule has 0 saturated carbocycles. The van der Waals surface area contributed by atoms with Crippen LogP contribution in [-0.2, 0) is 4.79 Å². The molecular weight excluding hydrogens is 164 g/mol. The Bertz CT molecular complexity index is 232. The van der Waals surface area contributed by atoms with E-state index in [4.69, 9.17) is 5.26 Å². The van der Waals surface area contributed by atoms with Gasteiger partial charge < -0.3 is 5.32 Å².